The number of thioether (sulfide) groups is 1. The normalized spacial score (nSPS) is 11.8. The molecule has 7 nitrogen and oxygen atoms in total. The number of hydrogen-bond acceptors (Lipinski definition) is 5. The number of Topliss-reactive ketones (excluding diaryl/α,β-unsaturated/α-hetero) is 1. The van der Waals surface area contributed by atoms with Crippen LogP contribution in [0.2, 0.25) is 0 Å². The summed E-state index contributed by atoms with van der Waals surface area (Å²) >= 11 is 1.39. The molecule has 5 rings (SSSR count). The number of carbonyl (C=O) groups is 1. The lowest BCUT2D eigenvalue weighted by Crippen LogP contribution is -2.23. The highest BCUT2D eigenvalue weighted by molar-refractivity contribution is 7.99. The minimum Gasteiger partial charge on any atom is -0.293 e. The van der Waals surface area contributed by atoms with Gasteiger partial charge in [-0.2, -0.15) is 0 Å². The molecule has 0 spiro atoms. The summed E-state index contributed by atoms with van der Waals surface area (Å²) in [6.45, 7) is 11.3. The Morgan fingerprint density at radius 1 is 0.912 bits per heavy atom. The molecular formula is C26H27N5O2S. The summed E-state index contributed by atoms with van der Waals surface area (Å²) in [6, 6.07) is 11.9. The van der Waals surface area contributed by atoms with Gasteiger partial charge in [-0.05, 0) is 76.1 Å². The fourth-order valence-electron chi connectivity index (χ4n) is 4.83. The molecular weight excluding hydrogens is 446 g/mol. The van der Waals surface area contributed by atoms with Gasteiger partial charge in [-0.3, -0.25) is 18.3 Å². The molecule has 0 fully saturated rings. The third-order valence-corrected chi connectivity index (χ3v) is 7.33. The van der Waals surface area contributed by atoms with E-state index in [2.05, 4.69) is 43.1 Å². The number of benzene rings is 2. The summed E-state index contributed by atoms with van der Waals surface area (Å²) in [4.78, 5) is 25.8. The summed E-state index contributed by atoms with van der Waals surface area (Å²) in [5.41, 5.74) is 7.58. The van der Waals surface area contributed by atoms with Crippen LogP contribution in [0.4, 0.5) is 0 Å². The highest BCUT2D eigenvalue weighted by Crippen LogP contribution is 2.29. The van der Waals surface area contributed by atoms with Crippen LogP contribution < -0.4 is 5.69 Å². The minimum atomic E-state index is -0.0401. The minimum absolute atomic E-state index is 0.00742. The van der Waals surface area contributed by atoms with Gasteiger partial charge in [-0.25, -0.2) is 4.79 Å². The first-order valence-electron chi connectivity index (χ1n) is 11.5. The van der Waals surface area contributed by atoms with Gasteiger partial charge in [0.1, 0.15) is 0 Å². The Bertz CT molecular complexity index is 1660. The maximum Gasteiger partial charge on any atom is 0.329 e. The van der Waals surface area contributed by atoms with Gasteiger partial charge in [0.15, 0.2) is 16.6 Å². The topological polar surface area (TPSA) is 74.2 Å². The van der Waals surface area contributed by atoms with Crippen molar-refractivity contribution in [1.29, 1.82) is 0 Å². The predicted octanol–water partition coefficient (Wildman–Crippen LogP) is 4.94. The lowest BCUT2D eigenvalue weighted by molar-refractivity contribution is 0.102. The lowest BCUT2D eigenvalue weighted by Gasteiger charge is -2.11. The third kappa shape index (κ3) is 3.44. The van der Waals surface area contributed by atoms with Crippen LogP contribution >= 0.6 is 11.8 Å². The Morgan fingerprint density at radius 3 is 2.38 bits per heavy atom. The number of pyridine rings is 1. The van der Waals surface area contributed by atoms with E-state index in [0.29, 0.717) is 23.8 Å². The number of aromatic nitrogens is 5. The van der Waals surface area contributed by atoms with E-state index in [1.807, 2.05) is 42.5 Å². The lowest BCUT2D eigenvalue weighted by atomic mass is 10.0. The molecule has 0 bridgehead atoms. The quantitative estimate of drug-likeness (QED) is 0.258. The predicted molar refractivity (Wildman–Crippen MR) is 137 cm³/mol. The zero-order valence-corrected chi connectivity index (χ0v) is 20.9. The fourth-order valence-corrected chi connectivity index (χ4v) is 5.66. The fraction of sp³-hybridized carbons (Fsp3) is 0.308. The molecule has 0 aliphatic rings. The smallest absolute Gasteiger partial charge is 0.293 e. The van der Waals surface area contributed by atoms with Gasteiger partial charge in [0, 0.05) is 24.0 Å². The number of aryl methyl sites for hydroxylation is 5. The van der Waals surface area contributed by atoms with Crippen molar-refractivity contribution >= 4 is 45.1 Å². The second-order valence-corrected chi connectivity index (χ2v) is 9.61. The number of fused-ring (bicyclic) bond motifs is 4. The van der Waals surface area contributed by atoms with E-state index in [1.54, 1.807) is 9.13 Å². The van der Waals surface area contributed by atoms with Crippen LogP contribution in [-0.4, -0.2) is 35.3 Å². The number of rotatable bonds is 6. The van der Waals surface area contributed by atoms with E-state index in [-0.39, 0.29) is 17.2 Å². The van der Waals surface area contributed by atoms with Crippen molar-refractivity contribution in [3.05, 3.63) is 69.1 Å². The molecule has 0 saturated carbocycles. The molecule has 5 aromatic rings. The van der Waals surface area contributed by atoms with Crippen molar-refractivity contribution < 1.29 is 4.79 Å². The molecule has 0 unspecified atom stereocenters. The first-order valence-corrected chi connectivity index (χ1v) is 12.5. The molecule has 3 aromatic heterocycles. The van der Waals surface area contributed by atoms with E-state index in [9.17, 15) is 9.59 Å². The van der Waals surface area contributed by atoms with E-state index in [0.717, 1.165) is 33.3 Å². The monoisotopic (exact) mass is 473 g/mol. The molecule has 8 heteroatoms. The van der Waals surface area contributed by atoms with Crippen LogP contribution in [0.3, 0.4) is 0 Å². The Kier molecular flexibility index (Phi) is 5.56. The van der Waals surface area contributed by atoms with E-state index < -0.39 is 0 Å². The standard InChI is InChI=1S/C26H27N5O2S/c1-6-29-20-9-8-18(13-21(20)30(7-2)26(29)33)22(32)14-34-25-28-27-23-12-16(4)19-11-15(3)10-17(5)24(19)31(23)25/h8-13H,6-7,14H2,1-5H3. The third-order valence-electron chi connectivity index (χ3n) is 6.40. The van der Waals surface area contributed by atoms with Gasteiger partial charge in [-0.1, -0.05) is 23.4 Å². The van der Waals surface area contributed by atoms with Crippen LogP contribution in [0, 0.1) is 20.8 Å². The van der Waals surface area contributed by atoms with Crippen LogP contribution in [0.5, 0.6) is 0 Å². The summed E-state index contributed by atoms with van der Waals surface area (Å²) in [5, 5.41) is 10.6. The molecule has 0 saturated heterocycles. The first-order chi connectivity index (χ1) is 16.3. The first kappa shape index (κ1) is 22.4. The molecule has 0 radical (unpaired) electrons. The van der Waals surface area contributed by atoms with Crippen LogP contribution in [0.15, 0.2) is 46.3 Å². The van der Waals surface area contributed by atoms with Crippen molar-refractivity contribution in [2.75, 3.05) is 5.75 Å². The van der Waals surface area contributed by atoms with E-state index >= 15 is 0 Å². The maximum atomic E-state index is 13.1. The van der Waals surface area contributed by atoms with E-state index in [1.165, 1.54) is 22.7 Å². The highest BCUT2D eigenvalue weighted by atomic mass is 32.2. The molecule has 3 heterocycles. The van der Waals surface area contributed by atoms with Crippen molar-refractivity contribution in [3.63, 3.8) is 0 Å². The Hall–Kier alpha value is -3.39. The second kappa shape index (κ2) is 8.43. The number of hydrogen-bond donors (Lipinski definition) is 0. The van der Waals surface area contributed by atoms with Gasteiger partial charge in [-0.15, -0.1) is 10.2 Å². The van der Waals surface area contributed by atoms with Crippen LogP contribution in [-0.2, 0) is 13.1 Å². The zero-order valence-electron chi connectivity index (χ0n) is 20.0. The zero-order chi connectivity index (χ0) is 24.1. The number of nitrogens with zero attached hydrogens (tertiary/aromatic N) is 5. The molecule has 0 aliphatic carbocycles. The summed E-state index contributed by atoms with van der Waals surface area (Å²) in [5.74, 6) is 0.226. The van der Waals surface area contributed by atoms with E-state index in [4.69, 9.17) is 0 Å². The molecule has 0 N–H and O–H groups in total. The van der Waals surface area contributed by atoms with Crippen LogP contribution in [0.1, 0.15) is 40.9 Å². The van der Waals surface area contributed by atoms with Gasteiger partial charge in [0.25, 0.3) is 0 Å². The molecule has 34 heavy (non-hydrogen) atoms. The largest absolute Gasteiger partial charge is 0.329 e. The number of carbonyl (C=O) groups excluding carboxylic acids is 1. The Morgan fingerprint density at radius 2 is 1.65 bits per heavy atom. The van der Waals surface area contributed by atoms with Gasteiger partial charge in [0.2, 0.25) is 0 Å². The van der Waals surface area contributed by atoms with Crippen molar-refractivity contribution in [3.8, 4) is 0 Å². The maximum absolute atomic E-state index is 13.1. The molecule has 0 aliphatic heterocycles. The average molecular weight is 474 g/mol. The van der Waals surface area contributed by atoms with Gasteiger partial charge < -0.3 is 0 Å². The second-order valence-electron chi connectivity index (χ2n) is 8.67. The average Bonchev–Trinajstić information content (AvgIpc) is 3.33. The van der Waals surface area contributed by atoms with Crippen molar-refractivity contribution in [2.45, 2.75) is 52.9 Å². The van der Waals surface area contributed by atoms with Crippen LogP contribution in [0.25, 0.3) is 27.6 Å². The summed E-state index contributed by atoms with van der Waals surface area (Å²) < 4.78 is 5.50. The van der Waals surface area contributed by atoms with Crippen molar-refractivity contribution in [2.24, 2.45) is 0 Å². The van der Waals surface area contributed by atoms with Gasteiger partial charge in [0.05, 0.1) is 22.3 Å². The number of imidazole rings is 1. The number of ketones is 1. The SMILES string of the molecule is CCn1c(=O)n(CC)c2cc(C(=O)CSc3nnc4cc(C)c5cc(C)cc(C)c5n34)ccc21. The molecule has 0 amide bonds. The summed E-state index contributed by atoms with van der Waals surface area (Å²) in [7, 11) is 0. The molecule has 174 valence electrons. The van der Waals surface area contributed by atoms with Crippen molar-refractivity contribution in [1.82, 2.24) is 23.7 Å². The molecule has 2 aromatic carbocycles. The molecule has 0 atom stereocenters. The Balaban J connectivity index is 1.51. The Labute approximate surface area is 201 Å². The summed E-state index contributed by atoms with van der Waals surface area (Å²) in [6.07, 6.45) is 0. The highest BCUT2D eigenvalue weighted by Gasteiger charge is 2.17. The van der Waals surface area contributed by atoms with Gasteiger partial charge >= 0.3 is 5.69 Å².